The van der Waals surface area contributed by atoms with Gasteiger partial charge in [-0.05, 0) is 128 Å². The van der Waals surface area contributed by atoms with E-state index < -0.39 is 28.4 Å². The van der Waals surface area contributed by atoms with Gasteiger partial charge in [-0.25, -0.2) is 0 Å². The Morgan fingerprint density at radius 1 is 0.857 bits per heavy atom. The highest BCUT2D eigenvalue weighted by Gasteiger charge is 2.70. The largest absolute Gasteiger partial charge is 0.481 e. The Bertz CT molecular complexity index is 1490. The van der Waals surface area contributed by atoms with E-state index in [1.807, 2.05) is 13.8 Å². The zero-order valence-corrected chi connectivity index (χ0v) is 32.2. The summed E-state index contributed by atoms with van der Waals surface area (Å²) in [5.41, 5.74) is 6.05. The molecule has 0 aliphatic heterocycles. The van der Waals surface area contributed by atoms with E-state index in [-0.39, 0.29) is 63.2 Å². The summed E-state index contributed by atoms with van der Waals surface area (Å²) >= 11 is 0. The van der Waals surface area contributed by atoms with Crippen molar-refractivity contribution in [1.82, 2.24) is 5.32 Å². The number of aliphatic carboxylic acids is 1. The van der Waals surface area contributed by atoms with Gasteiger partial charge in [-0.1, -0.05) is 62.3 Å². The van der Waals surface area contributed by atoms with E-state index in [9.17, 15) is 24.3 Å². The van der Waals surface area contributed by atoms with Crippen LogP contribution in [0, 0.1) is 62.6 Å². The summed E-state index contributed by atoms with van der Waals surface area (Å²) in [6.45, 7) is 23.7. The van der Waals surface area contributed by atoms with Crippen LogP contribution >= 0.6 is 0 Å². The van der Waals surface area contributed by atoms with Crippen LogP contribution in [0.2, 0.25) is 0 Å². The number of hydrogen-bond donors (Lipinski definition) is 3. The Balaban J connectivity index is 1.28. The molecule has 0 bridgehead atoms. The highest BCUT2D eigenvalue weighted by Crippen LogP contribution is 2.76. The smallest absolute Gasteiger partial charge is 0.309 e. The lowest BCUT2D eigenvalue weighted by Crippen LogP contribution is -2.68. The van der Waals surface area contributed by atoms with Crippen molar-refractivity contribution in [2.45, 2.75) is 158 Å². The van der Waals surface area contributed by atoms with Crippen LogP contribution in [0.25, 0.3) is 0 Å². The van der Waals surface area contributed by atoms with E-state index in [0.717, 1.165) is 56.9 Å². The molecule has 0 aromatic carbocycles. The first kappa shape index (κ1) is 36.6. The van der Waals surface area contributed by atoms with Gasteiger partial charge in [-0.3, -0.25) is 19.2 Å². The highest BCUT2D eigenvalue weighted by atomic mass is 16.5. The average molecular weight is 681 g/mol. The van der Waals surface area contributed by atoms with Crippen LogP contribution in [-0.2, 0) is 23.9 Å². The maximum absolute atomic E-state index is 13.8. The monoisotopic (exact) mass is 680 g/mol. The predicted molar refractivity (Wildman–Crippen MR) is 189 cm³/mol. The number of esters is 1. The van der Waals surface area contributed by atoms with Crippen molar-refractivity contribution in [2.75, 3.05) is 0 Å². The van der Waals surface area contributed by atoms with Crippen molar-refractivity contribution >= 4 is 23.6 Å². The number of ether oxygens (including phenoxy) is 1. The van der Waals surface area contributed by atoms with Gasteiger partial charge in [0.25, 0.3) is 0 Å². The Morgan fingerprint density at radius 2 is 1.51 bits per heavy atom. The van der Waals surface area contributed by atoms with Crippen molar-refractivity contribution in [3.8, 4) is 0 Å². The summed E-state index contributed by atoms with van der Waals surface area (Å²) in [6.07, 6.45) is 8.24. The topological polar surface area (TPSA) is 136 Å². The lowest BCUT2D eigenvalue weighted by Gasteiger charge is -2.72. The number of Topliss-reactive ketones (excluding diaryl/α,β-unsaturated/α-hetero) is 1. The molecule has 0 heterocycles. The lowest BCUT2D eigenvalue weighted by atomic mass is 9.33. The minimum Gasteiger partial charge on any atom is -0.481 e. The first-order valence-corrected chi connectivity index (χ1v) is 19.2. The molecule has 0 aromatic heterocycles. The fraction of sp³-hybridized carbons (Fsp3) is 0.854. The van der Waals surface area contributed by atoms with Gasteiger partial charge in [0.15, 0.2) is 5.78 Å². The number of carbonyl (C=O) groups is 4. The van der Waals surface area contributed by atoms with Gasteiger partial charge in [0.1, 0.15) is 6.10 Å². The molecular formula is C41H64N2O6. The van der Waals surface area contributed by atoms with Crippen molar-refractivity contribution in [2.24, 2.45) is 68.3 Å². The Kier molecular flexibility index (Phi) is 8.31. The Morgan fingerprint density at radius 3 is 2.08 bits per heavy atom. The number of carboxylic acid groups (broad SMARTS) is 1. The molecule has 0 aromatic rings. The fourth-order valence-electron chi connectivity index (χ4n) is 13.3. The van der Waals surface area contributed by atoms with Crippen LogP contribution in [0.15, 0.2) is 11.1 Å². The van der Waals surface area contributed by atoms with Crippen LogP contribution in [0.4, 0.5) is 0 Å². The standard InChI is InChI=1S/C41H64N2O6/c1-22(2)30-26(44)21-41(43-34(48)37(7,8)42)19-18-39(10)23(31(30)41)12-13-28-38(9)16-15-29(36(5,6)27(38)14-17-40(28,39)11)49-33(47)25-20-24(32(45)46)35(25,3)4/h22-25,27-29H,12-21,42H2,1-11H3,(H,43,48)(H,45,46)/t23-,24+,25?,27+,28-,29+,38+,39-,40-,41-/m1/s1. The molecule has 1 unspecified atom stereocenters. The van der Waals surface area contributed by atoms with E-state index in [0.29, 0.717) is 24.7 Å². The molecular weight excluding hydrogens is 616 g/mol. The SMILES string of the molecule is CC(C)C1=C2[C@H]3CC[C@@H]4[C@@]5(C)CC[C@H](OC(=O)C6C[C@@H](C(=O)O)C6(C)C)C(C)(C)[C@@H]5CC[C@@]4(C)[C@]3(C)CC[C@@]2(NC(=O)C(C)(C)N)CC1=O. The molecule has 0 radical (unpaired) electrons. The first-order chi connectivity index (χ1) is 22.4. The second-order valence-electron chi connectivity index (χ2n) is 20.2. The quantitative estimate of drug-likeness (QED) is 0.252. The minimum absolute atomic E-state index is 0.0274. The average Bonchev–Trinajstić information content (AvgIpc) is 3.25. The van der Waals surface area contributed by atoms with Gasteiger partial charge in [0.2, 0.25) is 5.91 Å². The van der Waals surface area contributed by atoms with E-state index in [1.54, 1.807) is 13.8 Å². The summed E-state index contributed by atoms with van der Waals surface area (Å²) in [5.74, 6) is -0.771. The molecule has 274 valence electrons. The first-order valence-electron chi connectivity index (χ1n) is 19.2. The molecule has 8 nitrogen and oxygen atoms in total. The maximum atomic E-state index is 13.8. The maximum Gasteiger partial charge on any atom is 0.309 e. The van der Waals surface area contributed by atoms with E-state index in [2.05, 4.69) is 53.8 Å². The molecule has 49 heavy (non-hydrogen) atoms. The van der Waals surface area contributed by atoms with Crippen LogP contribution < -0.4 is 11.1 Å². The van der Waals surface area contributed by atoms with Gasteiger partial charge >= 0.3 is 11.9 Å². The molecule has 0 saturated heterocycles. The number of nitrogens with two attached hydrogens (primary N) is 1. The molecule has 1 amide bonds. The Labute approximate surface area is 294 Å². The van der Waals surface area contributed by atoms with Gasteiger partial charge in [0.05, 0.1) is 22.9 Å². The van der Waals surface area contributed by atoms with Crippen molar-refractivity contribution in [1.29, 1.82) is 0 Å². The third-order valence-corrected chi connectivity index (χ3v) is 16.4. The van der Waals surface area contributed by atoms with Crippen molar-refractivity contribution in [3.05, 3.63) is 11.1 Å². The molecule has 5 saturated carbocycles. The number of ketones is 1. The number of carboxylic acids is 1. The van der Waals surface area contributed by atoms with Crippen LogP contribution in [0.1, 0.15) is 140 Å². The zero-order valence-electron chi connectivity index (χ0n) is 32.2. The van der Waals surface area contributed by atoms with Crippen molar-refractivity contribution in [3.63, 3.8) is 0 Å². The van der Waals surface area contributed by atoms with Crippen LogP contribution in [0.5, 0.6) is 0 Å². The van der Waals surface area contributed by atoms with Gasteiger partial charge in [-0.2, -0.15) is 0 Å². The normalized spacial score (nSPS) is 43.8. The molecule has 0 spiro atoms. The van der Waals surface area contributed by atoms with Crippen molar-refractivity contribution < 1.29 is 29.0 Å². The third-order valence-electron chi connectivity index (χ3n) is 16.4. The van der Waals surface area contributed by atoms with E-state index in [4.69, 9.17) is 10.5 Å². The number of amides is 1. The highest BCUT2D eigenvalue weighted by molar-refractivity contribution is 6.02. The molecule has 6 aliphatic carbocycles. The van der Waals surface area contributed by atoms with Crippen LogP contribution in [-0.4, -0.2) is 45.9 Å². The number of hydrogen-bond acceptors (Lipinski definition) is 6. The third kappa shape index (κ3) is 4.98. The van der Waals surface area contributed by atoms with E-state index in [1.165, 1.54) is 5.57 Å². The van der Waals surface area contributed by atoms with Gasteiger partial charge in [0, 0.05) is 11.8 Å². The van der Waals surface area contributed by atoms with Gasteiger partial charge < -0.3 is 20.9 Å². The number of nitrogens with one attached hydrogen (secondary N) is 1. The Hall–Kier alpha value is -2.22. The summed E-state index contributed by atoms with van der Waals surface area (Å²) in [6, 6.07) is 0. The number of carbonyl (C=O) groups excluding carboxylic acids is 3. The predicted octanol–water partition coefficient (Wildman–Crippen LogP) is 7.23. The molecule has 6 rings (SSSR count). The molecule has 5 fully saturated rings. The molecule has 4 N–H and O–H groups in total. The second kappa shape index (κ2) is 11.1. The van der Waals surface area contributed by atoms with Gasteiger partial charge in [-0.15, -0.1) is 0 Å². The fourth-order valence-corrected chi connectivity index (χ4v) is 13.3. The van der Waals surface area contributed by atoms with E-state index >= 15 is 0 Å². The minimum atomic E-state index is -1.03. The number of rotatable bonds is 6. The molecule has 8 heteroatoms. The zero-order chi connectivity index (χ0) is 36.5. The summed E-state index contributed by atoms with van der Waals surface area (Å²) in [7, 11) is 0. The number of allylic oxidation sites excluding steroid dienone is 1. The number of fused-ring (bicyclic) bond motifs is 7. The molecule has 6 aliphatic rings. The summed E-state index contributed by atoms with van der Waals surface area (Å²) in [5, 5.41) is 13.0. The lowest BCUT2D eigenvalue weighted by molar-refractivity contribution is -0.235. The second-order valence-corrected chi connectivity index (χ2v) is 20.2. The summed E-state index contributed by atoms with van der Waals surface area (Å²) < 4.78 is 6.38. The summed E-state index contributed by atoms with van der Waals surface area (Å²) in [4.78, 5) is 52.5. The molecule has 10 atom stereocenters. The van der Waals surface area contributed by atoms with Crippen LogP contribution in [0.3, 0.4) is 0 Å².